The topological polar surface area (TPSA) is 101 Å². The molecule has 2 aromatic rings. The molecule has 2 rings (SSSR count). The number of primary amides is 1. The Hall–Kier alpha value is -2.47. The van der Waals surface area contributed by atoms with Gasteiger partial charge in [0.05, 0.1) is 18.0 Å². The van der Waals surface area contributed by atoms with E-state index in [1.165, 1.54) is 12.4 Å². The number of nitrogens with two attached hydrogens (primary N) is 1. The number of anilines is 1. The van der Waals surface area contributed by atoms with Gasteiger partial charge in [-0.05, 0) is 18.9 Å². The van der Waals surface area contributed by atoms with Crippen LogP contribution in [0.5, 0.6) is 0 Å². The third-order valence-corrected chi connectivity index (χ3v) is 3.20. The van der Waals surface area contributed by atoms with Crippen molar-refractivity contribution < 1.29 is 9.90 Å². The molecule has 1 heterocycles. The molecule has 1 unspecified atom stereocenters. The summed E-state index contributed by atoms with van der Waals surface area (Å²) in [6, 6.07) is 9.45. The molecule has 0 aliphatic carbocycles. The van der Waals surface area contributed by atoms with Crippen LogP contribution in [0.25, 0.3) is 0 Å². The van der Waals surface area contributed by atoms with E-state index in [1.54, 1.807) is 6.92 Å². The van der Waals surface area contributed by atoms with Crippen molar-refractivity contribution in [3.63, 3.8) is 0 Å². The van der Waals surface area contributed by atoms with Gasteiger partial charge < -0.3 is 16.2 Å². The first-order valence-electron chi connectivity index (χ1n) is 6.63. The van der Waals surface area contributed by atoms with E-state index < -0.39 is 11.5 Å². The summed E-state index contributed by atoms with van der Waals surface area (Å²) in [6.45, 7) is 2.24. The van der Waals surface area contributed by atoms with Gasteiger partial charge in [-0.1, -0.05) is 30.3 Å². The zero-order valence-electron chi connectivity index (χ0n) is 11.8. The maximum atomic E-state index is 11.0. The smallest absolute Gasteiger partial charge is 0.268 e. The van der Waals surface area contributed by atoms with Gasteiger partial charge in [0.1, 0.15) is 11.5 Å². The molecule has 21 heavy (non-hydrogen) atoms. The number of benzene rings is 1. The average molecular weight is 286 g/mol. The molecule has 0 fully saturated rings. The lowest BCUT2D eigenvalue weighted by Gasteiger charge is -2.24. The molecule has 6 nitrogen and oxygen atoms in total. The second-order valence-corrected chi connectivity index (χ2v) is 4.97. The largest absolute Gasteiger partial charge is 0.385 e. The molecule has 1 amide bonds. The van der Waals surface area contributed by atoms with Crippen LogP contribution in [0.2, 0.25) is 0 Å². The summed E-state index contributed by atoms with van der Waals surface area (Å²) < 4.78 is 0. The van der Waals surface area contributed by atoms with Crippen molar-refractivity contribution in [1.29, 1.82) is 0 Å². The summed E-state index contributed by atoms with van der Waals surface area (Å²) in [5.41, 5.74) is 5.16. The summed E-state index contributed by atoms with van der Waals surface area (Å²) in [7, 11) is 0. The number of nitrogens with zero attached hydrogens (tertiary/aromatic N) is 2. The van der Waals surface area contributed by atoms with Crippen LogP contribution in [0, 0.1) is 0 Å². The Kier molecular flexibility index (Phi) is 4.49. The maximum Gasteiger partial charge on any atom is 0.268 e. The van der Waals surface area contributed by atoms with E-state index in [0.29, 0.717) is 18.8 Å². The maximum absolute atomic E-state index is 11.0. The Bertz CT molecular complexity index is 614. The number of rotatable bonds is 6. The SMILES string of the molecule is CC(O)(CCNc1cncc(C(N)=O)n1)c1ccccc1. The van der Waals surface area contributed by atoms with E-state index in [4.69, 9.17) is 5.73 Å². The van der Waals surface area contributed by atoms with Gasteiger partial charge in [-0.2, -0.15) is 0 Å². The van der Waals surface area contributed by atoms with Crippen LogP contribution >= 0.6 is 0 Å². The number of nitrogens with one attached hydrogen (secondary N) is 1. The Morgan fingerprint density at radius 2 is 2.05 bits per heavy atom. The Balaban J connectivity index is 1.95. The highest BCUT2D eigenvalue weighted by Gasteiger charge is 2.22. The first-order valence-corrected chi connectivity index (χ1v) is 6.63. The zero-order chi connectivity index (χ0) is 15.3. The van der Waals surface area contributed by atoms with E-state index in [-0.39, 0.29) is 5.69 Å². The van der Waals surface area contributed by atoms with Gasteiger partial charge in [-0.15, -0.1) is 0 Å². The molecule has 0 radical (unpaired) electrons. The van der Waals surface area contributed by atoms with E-state index in [1.807, 2.05) is 30.3 Å². The third kappa shape index (κ3) is 4.00. The standard InChI is InChI=1S/C15H18N4O2/c1-15(21,11-5-3-2-4-6-11)7-8-18-13-10-17-9-12(19-13)14(16)20/h2-6,9-10,21H,7-8H2,1H3,(H2,16,20)(H,18,19). The normalized spacial score (nSPS) is 13.4. The van der Waals surface area contributed by atoms with Gasteiger partial charge in [-0.25, -0.2) is 4.98 Å². The highest BCUT2D eigenvalue weighted by molar-refractivity contribution is 5.90. The highest BCUT2D eigenvalue weighted by Crippen LogP contribution is 2.23. The van der Waals surface area contributed by atoms with Crippen LogP contribution in [0.15, 0.2) is 42.7 Å². The second kappa shape index (κ2) is 6.32. The molecule has 0 aliphatic rings. The lowest BCUT2D eigenvalue weighted by atomic mass is 9.93. The summed E-state index contributed by atoms with van der Waals surface area (Å²) in [5, 5.41) is 13.5. The van der Waals surface area contributed by atoms with Crippen molar-refractivity contribution in [3.8, 4) is 0 Å². The number of aromatic nitrogens is 2. The highest BCUT2D eigenvalue weighted by atomic mass is 16.3. The first-order chi connectivity index (χ1) is 9.99. The van der Waals surface area contributed by atoms with Gasteiger partial charge in [0, 0.05) is 6.54 Å². The van der Waals surface area contributed by atoms with Crippen molar-refractivity contribution >= 4 is 11.7 Å². The number of aliphatic hydroxyl groups is 1. The van der Waals surface area contributed by atoms with Gasteiger partial charge in [0.2, 0.25) is 0 Å². The van der Waals surface area contributed by atoms with Crippen molar-refractivity contribution in [2.24, 2.45) is 5.73 Å². The molecule has 0 spiro atoms. The average Bonchev–Trinajstić information content (AvgIpc) is 2.48. The summed E-state index contributed by atoms with van der Waals surface area (Å²) in [6.07, 6.45) is 3.30. The van der Waals surface area contributed by atoms with Gasteiger partial charge >= 0.3 is 0 Å². The lowest BCUT2D eigenvalue weighted by Crippen LogP contribution is -2.25. The second-order valence-electron chi connectivity index (χ2n) is 4.97. The third-order valence-electron chi connectivity index (χ3n) is 3.20. The fraction of sp³-hybridized carbons (Fsp3) is 0.267. The molecular formula is C15H18N4O2. The fourth-order valence-corrected chi connectivity index (χ4v) is 1.95. The van der Waals surface area contributed by atoms with Crippen molar-refractivity contribution in [1.82, 2.24) is 9.97 Å². The monoisotopic (exact) mass is 286 g/mol. The number of carbonyl (C=O) groups excluding carboxylic acids is 1. The molecule has 110 valence electrons. The summed E-state index contributed by atoms with van der Waals surface area (Å²) >= 11 is 0. The number of hydrogen-bond donors (Lipinski definition) is 3. The van der Waals surface area contributed by atoms with E-state index in [2.05, 4.69) is 15.3 Å². The molecule has 0 saturated carbocycles. The summed E-state index contributed by atoms with van der Waals surface area (Å²) in [4.78, 5) is 18.9. The quantitative estimate of drug-likeness (QED) is 0.742. The molecule has 0 saturated heterocycles. The van der Waals surface area contributed by atoms with Crippen LogP contribution in [0.4, 0.5) is 5.82 Å². The number of carbonyl (C=O) groups is 1. The van der Waals surface area contributed by atoms with Crippen molar-refractivity contribution in [2.45, 2.75) is 18.9 Å². The van der Waals surface area contributed by atoms with Gasteiger partial charge in [0.15, 0.2) is 0 Å². The van der Waals surface area contributed by atoms with Crippen LogP contribution in [0.3, 0.4) is 0 Å². The van der Waals surface area contributed by atoms with Gasteiger partial charge in [-0.3, -0.25) is 9.78 Å². The molecule has 6 heteroatoms. The van der Waals surface area contributed by atoms with E-state index in [9.17, 15) is 9.90 Å². The van der Waals surface area contributed by atoms with Gasteiger partial charge in [0.25, 0.3) is 5.91 Å². The van der Waals surface area contributed by atoms with Crippen molar-refractivity contribution in [2.75, 3.05) is 11.9 Å². The predicted octanol–water partition coefficient (Wildman–Crippen LogP) is 1.29. The minimum Gasteiger partial charge on any atom is -0.385 e. The van der Waals surface area contributed by atoms with Crippen LogP contribution < -0.4 is 11.1 Å². The molecule has 1 aromatic carbocycles. The van der Waals surface area contributed by atoms with Crippen LogP contribution in [-0.2, 0) is 5.60 Å². The summed E-state index contributed by atoms with van der Waals surface area (Å²) in [5.74, 6) is -0.169. The van der Waals surface area contributed by atoms with Crippen LogP contribution in [0.1, 0.15) is 29.4 Å². The Labute approximate surface area is 123 Å². The first kappa shape index (κ1) is 14.9. The van der Waals surface area contributed by atoms with E-state index in [0.717, 1.165) is 5.56 Å². The number of hydrogen-bond acceptors (Lipinski definition) is 5. The molecule has 1 atom stereocenters. The predicted molar refractivity (Wildman–Crippen MR) is 79.7 cm³/mol. The van der Waals surface area contributed by atoms with E-state index >= 15 is 0 Å². The zero-order valence-corrected chi connectivity index (χ0v) is 11.8. The molecule has 4 N–H and O–H groups in total. The molecule has 0 aliphatic heterocycles. The minimum atomic E-state index is -0.941. The molecular weight excluding hydrogens is 268 g/mol. The fourth-order valence-electron chi connectivity index (χ4n) is 1.95. The number of amides is 1. The molecule has 0 bridgehead atoms. The lowest BCUT2D eigenvalue weighted by molar-refractivity contribution is 0.0515. The van der Waals surface area contributed by atoms with Crippen molar-refractivity contribution in [3.05, 3.63) is 54.0 Å². The Morgan fingerprint density at radius 1 is 1.33 bits per heavy atom. The minimum absolute atomic E-state index is 0.106. The van der Waals surface area contributed by atoms with Crippen LogP contribution in [-0.4, -0.2) is 27.5 Å². The molecule has 1 aromatic heterocycles. The Morgan fingerprint density at radius 3 is 2.71 bits per heavy atom.